The molecule has 0 radical (unpaired) electrons. The Morgan fingerprint density at radius 2 is 2.14 bits per heavy atom. The third-order valence-electron chi connectivity index (χ3n) is 3.29. The molecule has 0 bridgehead atoms. The molecule has 5 N–H and O–H groups in total. The van der Waals surface area contributed by atoms with E-state index in [0.29, 0.717) is 11.3 Å². The molecule has 0 fully saturated rings. The quantitative estimate of drug-likeness (QED) is 0.352. The lowest BCUT2D eigenvalue weighted by Gasteiger charge is -2.26. The molecule has 0 aliphatic rings. The van der Waals surface area contributed by atoms with Gasteiger partial charge in [0, 0.05) is 22.7 Å². The number of amides is 1. The molecule has 0 saturated heterocycles. The SMILES string of the molecule is Cc1ncc(CO)c(C=NNC(=O)C(O)C(C)(C)CO)c1O. The van der Waals surface area contributed by atoms with Gasteiger partial charge in [0.05, 0.1) is 25.1 Å². The number of nitrogens with zero attached hydrogens (tertiary/aromatic N) is 2. The average molecular weight is 311 g/mol. The van der Waals surface area contributed by atoms with Crippen LogP contribution < -0.4 is 5.43 Å². The summed E-state index contributed by atoms with van der Waals surface area (Å²) in [5.41, 5.74) is 2.04. The molecule has 0 aliphatic carbocycles. The van der Waals surface area contributed by atoms with Gasteiger partial charge in [0.2, 0.25) is 0 Å². The zero-order valence-electron chi connectivity index (χ0n) is 12.7. The number of rotatable bonds is 6. The summed E-state index contributed by atoms with van der Waals surface area (Å²) in [5, 5.41) is 41.7. The monoisotopic (exact) mass is 311 g/mol. The molecule has 0 spiro atoms. The van der Waals surface area contributed by atoms with Crippen LogP contribution in [0.4, 0.5) is 0 Å². The second-order valence-corrected chi connectivity index (χ2v) is 5.57. The van der Waals surface area contributed by atoms with E-state index in [2.05, 4.69) is 15.5 Å². The zero-order chi connectivity index (χ0) is 16.9. The smallest absolute Gasteiger partial charge is 0.269 e. The van der Waals surface area contributed by atoms with Crippen molar-refractivity contribution in [1.82, 2.24) is 10.4 Å². The Labute approximate surface area is 128 Å². The number of carbonyl (C=O) groups excluding carboxylic acids is 1. The Morgan fingerprint density at radius 3 is 2.68 bits per heavy atom. The molecular formula is C14H21N3O5. The number of hydrazone groups is 1. The van der Waals surface area contributed by atoms with Gasteiger partial charge in [0.15, 0.2) is 0 Å². The van der Waals surface area contributed by atoms with Gasteiger partial charge >= 0.3 is 0 Å². The number of aliphatic hydroxyl groups is 3. The summed E-state index contributed by atoms with van der Waals surface area (Å²) in [5.74, 6) is -0.938. The first-order valence-electron chi connectivity index (χ1n) is 6.64. The molecule has 1 aromatic rings. The highest BCUT2D eigenvalue weighted by atomic mass is 16.3. The van der Waals surface area contributed by atoms with E-state index in [-0.39, 0.29) is 24.5 Å². The molecule has 0 saturated carbocycles. The Bertz CT molecular complexity index is 572. The number of carbonyl (C=O) groups is 1. The fourth-order valence-corrected chi connectivity index (χ4v) is 1.59. The zero-order valence-corrected chi connectivity index (χ0v) is 12.7. The van der Waals surface area contributed by atoms with Crippen molar-refractivity contribution < 1.29 is 25.2 Å². The van der Waals surface area contributed by atoms with Crippen LogP contribution in [0.3, 0.4) is 0 Å². The van der Waals surface area contributed by atoms with Crippen molar-refractivity contribution in [3.8, 4) is 5.75 Å². The van der Waals surface area contributed by atoms with Crippen LogP contribution in [-0.4, -0.2) is 50.2 Å². The molecule has 1 unspecified atom stereocenters. The predicted molar refractivity (Wildman–Crippen MR) is 79.2 cm³/mol. The molecule has 1 heterocycles. The number of pyridine rings is 1. The maximum atomic E-state index is 11.7. The Balaban J connectivity index is 2.87. The highest BCUT2D eigenvalue weighted by Crippen LogP contribution is 2.22. The number of aromatic hydroxyl groups is 1. The van der Waals surface area contributed by atoms with E-state index in [1.165, 1.54) is 20.0 Å². The maximum Gasteiger partial charge on any atom is 0.269 e. The van der Waals surface area contributed by atoms with Gasteiger partial charge in [-0.1, -0.05) is 13.8 Å². The predicted octanol–water partition coefficient (Wildman–Crippen LogP) is -0.583. The molecular weight excluding hydrogens is 290 g/mol. The second kappa shape index (κ2) is 7.30. The lowest BCUT2D eigenvalue weighted by Crippen LogP contribution is -2.44. The molecule has 1 amide bonds. The number of hydrogen-bond acceptors (Lipinski definition) is 7. The maximum absolute atomic E-state index is 11.7. The minimum absolute atomic E-state index is 0.152. The van der Waals surface area contributed by atoms with E-state index < -0.39 is 17.4 Å². The molecule has 8 heteroatoms. The van der Waals surface area contributed by atoms with Crippen molar-refractivity contribution in [2.45, 2.75) is 33.5 Å². The van der Waals surface area contributed by atoms with Crippen molar-refractivity contribution >= 4 is 12.1 Å². The number of aliphatic hydroxyl groups excluding tert-OH is 3. The van der Waals surface area contributed by atoms with Gasteiger partial charge in [0.1, 0.15) is 11.9 Å². The summed E-state index contributed by atoms with van der Waals surface area (Å²) in [7, 11) is 0. The highest BCUT2D eigenvalue weighted by Gasteiger charge is 2.32. The first kappa shape index (κ1) is 18.0. The van der Waals surface area contributed by atoms with Crippen LogP contribution in [-0.2, 0) is 11.4 Å². The van der Waals surface area contributed by atoms with Gasteiger partial charge in [-0.2, -0.15) is 5.10 Å². The first-order valence-corrected chi connectivity index (χ1v) is 6.64. The summed E-state index contributed by atoms with van der Waals surface area (Å²) in [6, 6.07) is 0. The summed E-state index contributed by atoms with van der Waals surface area (Å²) >= 11 is 0. The second-order valence-electron chi connectivity index (χ2n) is 5.57. The molecule has 8 nitrogen and oxygen atoms in total. The van der Waals surface area contributed by atoms with E-state index in [1.54, 1.807) is 6.92 Å². The highest BCUT2D eigenvalue weighted by molar-refractivity contribution is 5.88. The first-order chi connectivity index (χ1) is 10.2. The topological polar surface area (TPSA) is 135 Å². The van der Waals surface area contributed by atoms with E-state index >= 15 is 0 Å². The number of aryl methyl sites for hydroxylation is 1. The Morgan fingerprint density at radius 1 is 1.50 bits per heavy atom. The van der Waals surface area contributed by atoms with Crippen LogP contribution in [0.2, 0.25) is 0 Å². The fraction of sp³-hybridized carbons (Fsp3) is 0.500. The van der Waals surface area contributed by atoms with E-state index in [1.807, 2.05) is 0 Å². The van der Waals surface area contributed by atoms with Crippen molar-refractivity contribution in [2.75, 3.05) is 6.61 Å². The number of hydrogen-bond donors (Lipinski definition) is 5. The van der Waals surface area contributed by atoms with Gasteiger partial charge < -0.3 is 20.4 Å². The molecule has 1 rings (SSSR count). The third kappa shape index (κ3) is 4.00. The van der Waals surface area contributed by atoms with E-state index in [4.69, 9.17) is 5.11 Å². The van der Waals surface area contributed by atoms with Crippen LogP contribution in [0, 0.1) is 12.3 Å². The minimum atomic E-state index is -1.44. The average Bonchev–Trinajstić information content (AvgIpc) is 2.50. The number of aromatic nitrogens is 1. The Kier molecular flexibility index (Phi) is 5.98. The molecule has 1 aromatic heterocycles. The number of nitrogens with one attached hydrogen (secondary N) is 1. The standard InChI is InChI=1S/C14H21N3O5/c1-8-11(20)10(9(6-18)4-15-8)5-16-17-13(22)12(21)14(2,3)7-19/h4-5,12,18-21H,6-7H2,1-3H3,(H,17,22). The minimum Gasteiger partial charge on any atom is -0.505 e. The molecule has 22 heavy (non-hydrogen) atoms. The fourth-order valence-electron chi connectivity index (χ4n) is 1.59. The van der Waals surface area contributed by atoms with Crippen LogP contribution in [0.1, 0.15) is 30.7 Å². The van der Waals surface area contributed by atoms with Crippen molar-refractivity contribution in [3.63, 3.8) is 0 Å². The van der Waals surface area contributed by atoms with Crippen molar-refractivity contribution in [1.29, 1.82) is 0 Å². The third-order valence-corrected chi connectivity index (χ3v) is 3.29. The molecule has 1 atom stereocenters. The normalized spacial score (nSPS) is 13.4. The van der Waals surface area contributed by atoms with E-state index in [0.717, 1.165) is 6.21 Å². The van der Waals surface area contributed by atoms with Gasteiger partial charge in [-0.25, -0.2) is 5.43 Å². The van der Waals surface area contributed by atoms with Gasteiger partial charge in [-0.15, -0.1) is 0 Å². The summed E-state index contributed by atoms with van der Waals surface area (Å²) in [6.45, 7) is 3.92. The van der Waals surface area contributed by atoms with Crippen LogP contribution >= 0.6 is 0 Å². The molecule has 122 valence electrons. The Hall–Kier alpha value is -2.03. The van der Waals surface area contributed by atoms with E-state index in [9.17, 15) is 20.1 Å². The molecule has 0 aliphatic heterocycles. The summed E-state index contributed by atoms with van der Waals surface area (Å²) < 4.78 is 0. The largest absolute Gasteiger partial charge is 0.505 e. The molecule has 0 aromatic carbocycles. The lowest BCUT2D eigenvalue weighted by atomic mass is 9.87. The van der Waals surface area contributed by atoms with Crippen molar-refractivity contribution in [2.24, 2.45) is 10.5 Å². The summed E-state index contributed by atoms with van der Waals surface area (Å²) in [4.78, 5) is 15.6. The van der Waals surface area contributed by atoms with Crippen LogP contribution in [0.25, 0.3) is 0 Å². The van der Waals surface area contributed by atoms with Crippen LogP contribution in [0.15, 0.2) is 11.3 Å². The van der Waals surface area contributed by atoms with Gasteiger partial charge in [-0.05, 0) is 6.92 Å². The van der Waals surface area contributed by atoms with Crippen molar-refractivity contribution in [3.05, 3.63) is 23.0 Å². The summed E-state index contributed by atoms with van der Waals surface area (Å²) in [6.07, 6.45) is 1.10. The van der Waals surface area contributed by atoms with Gasteiger partial charge in [0.25, 0.3) is 5.91 Å². The van der Waals surface area contributed by atoms with Crippen LogP contribution in [0.5, 0.6) is 5.75 Å². The van der Waals surface area contributed by atoms with Gasteiger partial charge in [-0.3, -0.25) is 9.78 Å². The lowest BCUT2D eigenvalue weighted by molar-refractivity contribution is -0.137.